The maximum absolute atomic E-state index is 14.6. The predicted octanol–water partition coefficient (Wildman–Crippen LogP) is 5.18. The van der Waals surface area contributed by atoms with Gasteiger partial charge >= 0.3 is 0 Å². The Labute approximate surface area is 438 Å². The molecule has 21 heteroatoms. The minimum atomic E-state index is -3.99. The van der Waals surface area contributed by atoms with Gasteiger partial charge in [-0.25, -0.2) is 18.1 Å². The summed E-state index contributed by atoms with van der Waals surface area (Å²) in [6, 6.07) is 28.2. The molecule has 7 atom stereocenters. The summed E-state index contributed by atoms with van der Waals surface area (Å²) in [6.07, 6.45) is -6.50. The molecule has 396 valence electrons. The fraction of sp³-hybridized carbons (Fsp3) is 0.352. The Bertz CT molecular complexity index is 3290. The lowest BCUT2D eigenvalue weighted by atomic mass is 9.91. The lowest BCUT2D eigenvalue weighted by Crippen LogP contribution is -2.60. The van der Waals surface area contributed by atoms with Crippen molar-refractivity contribution < 1.29 is 57.1 Å². The number of carbonyl (C=O) groups excluding carboxylic acids is 2. The average molecular weight is 1070 g/mol. The summed E-state index contributed by atoms with van der Waals surface area (Å²) in [5.41, 5.74) is 5.35. The van der Waals surface area contributed by atoms with Crippen molar-refractivity contribution in [3.05, 3.63) is 120 Å². The van der Waals surface area contributed by atoms with E-state index < -0.39 is 58.6 Å². The Kier molecular flexibility index (Phi) is 15.8. The van der Waals surface area contributed by atoms with Crippen molar-refractivity contribution in [2.24, 2.45) is 0 Å². The second kappa shape index (κ2) is 22.3. The van der Waals surface area contributed by atoms with E-state index in [0.717, 1.165) is 34.3 Å². The second-order valence-corrected chi connectivity index (χ2v) is 21.7. The molecule has 2 aliphatic rings. The Hall–Kier alpha value is -6.59. The number of ether oxygens (including phenoxy) is 3. The van der Waals surface area contributed by atoms with Crippen molar-refractivity contribution in [3.8, 4) is 34.3 Å². The number of alkyl halides is 1. The molecular formula is C54H60ClN7O12S. The number of fused-ring (bicyclic) bond motifs is 4. The third-order valence-corrected chi connectivity index (χ3v) is 15.2. The molecule has 75 heavy (non-hydrogen) atoms. The lowest BCUT2D eigenvalue weighted by molar-refractivity contribution is -0.277. The number of hydrogen-bond acceptors (Lipinski definition) is 15. The van der Waals surface area contributed by atoms with E-state index in [0.29, 0.717) is 57.3 Å². The van der Waals surface area contributed by atoms with Gasteiger partial charge in [0.05, 0.1) is 23.4 Å². The number of H-pyrrole nitrogens is 1. The van der Waals surface area contributed by atoms with E-state index >= 15 is 0 Å². The van der Waals surface area contributed by atoms with Crippen LogP contribution in [0.3, 0.4) is 0 Å². The normalized spacial score (nSPS) is 20.1. The monoisotopic (exact) mass is 1070 g/mol. The zero-order valence-corrected chi connectivity index (χ0v) is 43.5. The van der Waals surface area contributed by atoms with E-state index in [2.05, 4.69) is 20.0 Å². The van der Waals surface area contributed by atoms with Crippen LogP contribution >= 0.6 is 11.6 Å². The first-order chi connectivity index (χ1) is 35.9. The van der Waals surface area contributed by atoms with Crippen LogP contribution in [0.5, 0.6) is 11.5 Å². The number of carbonyl (C=O) groups is 2. The summed E-state index contributed by atoms with van der Waals surface area (Å²) in [7, 11) is 3.84. The maximum Gasteiger partial charge on any atom is 0.274 e. The number of aliphatic hydroxyl groups is 4. The Morgan fingerprint density at radius 2 is 1.67 bits per heavy atom. The number of likely N-dealkylation sites (N-methyl/N-ethyl adjacent to an activating group) is 1. The number of aliphatic hydroxyl groups excluding tert-OH is 4. The summed E-state index contributed by atoms with van der Waals surface area (Å²) >= 11 is 6.91. The van der Waals surface area contributed by atoms with Crippen LogP contribution < -0.4 is 29.3 Å². The molecule has 1 fully saturated rings. The second-order valence-electron chi connectivity index (χ2n) is 19.2. The molecule has 9 rings (SSSR count). The third kappa shape index (κ3) is 11.5. The van der Waals surface area contributed by atoms with Crippen LogP contribution in [-0.4, -0.2) is 153 Å². The number of benzene rings is 5. The maximum atomic E-state index is 14.6. The van der Waals surface area contributed by atoms with Gasteiger partial charge in [0.1, 0.15) is 48.2 Å². The number of hydrogen-bond donors (Lipinski definition) is 7. The molecule has 0 aliphatic carbocycles. The Balaban J connectivity index is 0.910. The molecule has 4 heterocycles. The Morgan fingerprint density at radius 3 is 2.37 bits per heavy atom. The highest BCUT2D eigenvalue weighted by Gasteiger charge is 2.45. The van der Waals surface area contributed by atoms with Crippen LogP contribution in [-0.2, 0) is 26.1 Å². The first-order valence-corrected chi connectivity index (χ1v) is 26.3. The van der Waals surface area contributed by atoms with Crippen LogP contribution in [0.4, 0.5) is 11.4 Å². The zero-order valence-electron chi connectivity index (χ0n) is 41.9. The van der Waals surface area contributed by atoms with Gasteiger partial charge < -0.3 is 64.1 Å². The van der Waals surface area contributed by atoms with E-state index in [1.807, 2.05) is 93.4 Å². The molecule has 7 N–H and O–H groups in total. The first-order valence-electron chi connectivity index (χ1n) is 24.4. The SMILES string of the molecule is CC(Cl)C1CN(C(=O)c2cc3cc(OCCN(C)C)ccc3[nH]2)c2cc(OC3OC(CO)C(O)C(O)C3O)c3cc(CNC(=O)CCNS(=O)(=O)c4ccc(-c5ncc(-c6ccc(N(C)C)cc6)o5)cc4)ccc3c21. The van der Waals surface area contributed by atoms with Gasteiger partial charge in [-0.3, -0.25) is 9.59 Å². The van der Waals surface area contributed by atoms with Crippen LogP contribution in [0.25, 0.3) is 44.5 Å². The van der Waals surface area contributed by atoms with Gasteiger partial charge in [0.2, 0.25) is 28.1 Å². The van der Waals surface area contributed by atoms with E-state index in [9.17, 15) is 38.4 Å². The van der Waals surface area contributed by atoms with Crippen molar-refractivity contribution in [2.45, 2.75) is 66.8 Å². The number of anilines is 2. The number of aromatic amines is 1. The number of oxazole rings is 1. The quantitative estimate of drug-likeness (QED) is 0.0515. The molecular weight excluding hydrogens is 1010 g/mol. The molecule has 0 bridgehead atoms. The summed E-state index contributed by atoms with van der Waals surface area (Å²) in [5.74, 6) is 0.532. The number of nitrogens with one attached hydrogen (secondary N) is 3. The van der Waals surface area contributed by atoms with Crippen molar-refractivity contribution in [1.82, 2.24) is 24.9 Å². The Morgan fingerprint density at radius 1 is 0.920 bits per heavy atom. The summed E-state index contributed by atoms with van der Waals surface area (Å²) in [5, 5.41) is 46.5. The molecule has 2 amide bonds. The fourth-order valence-corrected chi connectivity index (χ4v) is 10.5. The van der Waals surface area contributed by atoms with E-state index in [1.165, 1.54) is 12.1 Å². The van der Waals surface area contributed by atoms with Crippen LogP contribution in [0.1, 0.15) is 40.9 Å². The highest BCUT2D eigenvalue weighted by molar-refractivity contribution is 7.89. The standard InChI is InChI=1S/C54H60ClN7O12S/c1-30(55)40-28-62(53(68)42-24-34-23-36(13-17-41(34)59-42)71-21-20-60(2)3)43-25-44(73-54-51(67)50(66)49(65)46(29-63)74-54)39-22-31(6-16-38(39)48(40)43)26-56-47(64)18-19-58-75(69,70)37-14-9-33(10-15-37)52-57-27-45(72-52)32-7-11-35(12-8-32)61(4)5/h6-17,22-25,27,30,40,46,49-51,54,58-59,63,65-67H,18-21,26,28-29H2,1-5H3,(H,56,64). The molecule has 0 spiro atoms. The molecule has 0 radical (unpaired) electrons. The average Bonchev–Trinajstić information content (AvgIpc) is 4.16. The van der Waals surface area contributed by atoms with E-state index in [-0.39, 0.29) is 48.5 Å². The summed E-state index contributed by atoms with van der Waals surface area (Å²) in [6.45, 7) is 2.41. The van der Waals surface area contributed by atoms with Gasteiger partial charge in [-0.15, -0.1) is 11.6 Å². The number of halogens is 1. The lowest BCUT2D eigenvalue weighted by Gasteiger charge is -2.39. The van der Waals surface area contributed by atoms with Crippen LogP contribution in [0.2, 0.25) is 0 Å². The number of aromatic nitrogens is 2. The number of rotatable bonds is 19. The van der Waals surface area contributed by atoms with Gasteiger partial charge in [-0.2, -0.15) is 0 Å². The highest BCUT2D eigenvalue weighted by atomic mass is 35.5. The molecule has 19 nitrogen and oxygen atoms in total. The molecule has 7 unspecified atom stereocenters. The van der Waals surface area contributed by atoms with Gasteiger partial charge in [-0.05, 0) is 116 Å². The molecule has 7 aromatic rings. The number of amides is 2. The number of sulfonamides is 1. The molecule has 5 aromatic carbocycles. The van der Waals surface area contributed by atoms with E-state index in [4.69, 9.17) is 30.2 Å². The molecule has 1 saturated heterocycles. The first kappa shape index (κ1) is 53.2. The molecule has 2 aliphatic heterocycles. The van der Waals surface area contributed by atoms with Gasteiger partial charge in [0.25, 0.3) is 5.91 Å². The molecule has 0 saturated carbocycles. The largest absolute Gasteiger partial charge is 0.492 e. The minimum Gasteiger partial charge on any atom is -0.492 e. The fourth-order valence-electron chi connectivity index (χ4n) is 9.23. The predicted molar refractivity (Wildman–Crippen MR) is 284 cm³/mol. The van der Waals surface area contributed by atoms with Crippen molar-refractivity contribution in [2.75, 3.05) is 70.8 Å². The summed E-state index contributed by atoms with van der Waals surface area (Å²) in [4.78, 5) is 41.0. The van der Waals surface area contributed by atoms with Crippen LogP contribution in [0.15, 0.2) is 113 Å². The van der Waals surface area contributed by atoms with Crippen molar-refractivity contribution in [3.63, 3.8) is 0 Å². The third-order valence-electron chi connectivity index (χ3n) is 13.5. The summed E-state index contributed by atoms with van der Waals surface area (Å²) < 4.78 is 53.0. The van der Waals surface area contributed by atoms with Crippen molar-refractivity contribution in [1.29, 1.82) is 0 Å². The van der Waals surface area contributed by atoms with E-state index in [1.54, 1.807) is 47.5 Å². The smallest absolute Gasteiger partial charge is 0.274 e. The minimum absolute atomic E-state index is 0.00557. The van der Waals surface area contributed by atoms with Gasteiger partial charge in [0.15, 0.2) is 5.76 Å². The zero-order chi connectivity index (χ0) is 53.3. The highest BCUT2D eigenvalue weighted by Crippen LogP contribution is 2.48. The molecule has 2 aromatic heterocycles. The van der Waals surface area contributed by atoms with Crippen molar-refractivity contribution >= 4 is 66.5 Å². The van der Waals surface area contributed by atoms with Gasteiger partial charge in [0, 0.05) is 97.2 Å². The van der Waals surface area contributed by atoms with Gasteiger partial charge in [-0.1, -0.05) is 12.1 Å². The topological polar surface area (TPSA) is 252 Å². The number of nitrogens with zero attached hydrogens (tertiary/aromatic N) is 4. The van der Waals surface area contributed by atoms with Crippen LogP contribution in [0, 0.1) is 0 Å².